The van der Waals surface area contributed by atoms with E-state index < -0.39 is 6.10 Å². The van der Waals surface area contributed by atoms with Crippen molar-refractivity contribution in [3.63, 3.8) is 0 Å². The van der Waals surface area contributed by atoms with Crippen LogP contribution in [0.1, 0.15) is 56.3 Å². The number of ether oxygens (including phenoxy) is 1. The van der Waals surface area contributed by atoms with Gasteiger partial charge in [-0.15, -0.1) is 0 Å². The Labute approximate surface area is 126 Å². The van der Waals surface area contributed by atoms with Crippen molar-refractivity contribution in [2.75, 3.05) is 0 Å². The topological polar surface area (TPSA) is 58.6 Å². The van der Waals surface area contributed by atoms with Gasteiger partial charge in [0.1, 0.15) is 5.75 Å². The molecule has 1 aliphatic rings. The largest absolute Gasteiger partial charge is 0.491 e. The predicted octanol–water partition coefficient (Wildman–Crippen LogP) is 2.90. The zero-order valence-electron chi connectivity index (χ0n) is 12.8. The molecule has 21 heavy (non-hydrogen) atoms. The van der Waals surface area contributed by atoms with Crippen LogP contribution in [0.25, 0.3) is 0 Å². The van der Waals surface area contributed by atoms with E-state index in [0.29, 0.717) is 5.56 Å². The predicted molar refractivity (Wildman–Crippen MR) is 82.6 cm³/mol. The number of aliphatic hydroxyl groups excluding tert-OH is 1. The molecule has 2 atom stereocenters. The second kappa shape index (κ2) is 7.46. The Bertz CT molecular complexity index is 456. The van der Waals surface area contributed by atoms with Crippen LogP contribution in [0, 0.1) is 0 Å². The second-order valence-electron chi connectivity index (χ2n) is 5.98. The molecule has 0 radical (unpaired) electrons. The van der Waals surface area contributed by atoms with E-state index in [1.165, 1.54) is 0 Å². The number of hydrogen-bond donors (Lipinski definition) is 2. The lowest BCUT2D eigenvalue weighted by Crippen LogP contribution is -2.42. The average Bonchev–Trinajstić information content (AvgIpc) is 2.64. The molecule has 0 aliphatic heterocycles. The highest BCUT2D eigenvalue weighted by molar-refractivity contribution is 5.94. The fourth-order valence-corrected chi connectivity index (χ4v) is 2.67. The minimum Gasteiger partial charge on any atom is -0.491 e. The summed E-state index contributed by atoms with van der Waals surface area (Å²) in [6.07, 6.45) is 4.53. The van der Waals surface area contributed by atoms with Gasteiger partial charge in [0.15, 0.2) is 0 Å². The molecule has 1 aromatic carbocycles. The molecular formula is C17H25NO3. The van der Waals surface area contributed by atoms with Crippen molar-refractivity contribution in [1.29, 1.82) is 0 Å². The first-order valence-electron chi connectivity index (χ1n) is 7.82. The SMILES string of the molecule is CC(C)Oc1ccc(C(=O)NC2CCCCCC2O)cc1. The van der Waals surface area contributed by atoms with Gasteiger partial charge in [0.05, 0.1) is 18.2 Å². The van der Waals surface area contributed by atoms with Crippen molar-refractivity contribution in [2.45, 2.75) is 64.2 Å². The number of benzene rings is 1. The summed E-state index contributed by atoms with van der Waals surface area (Å²) < 4.78 is 5.56. The molecule has 1 amide bonds. The Balaban J connectivity index is 1.96. The van der Waals surface area contributed by atoms with Crippen LogP contribution in [0.2, 0.25) is 0 Å². The average molecular weight is 291 g/mol. The Morgan fingerprint density at radius 1 is 1.19 bits per heavy atom. The van der Waals surface area contributed by atoms with Gasteiger partial charge in [0.25, 0.3) is 5.91 Å². The Morgan fingerprint density at radius 3 is 2.52 bits per heavy atom. The standard InChI is InChI=1S/C17H25NO3/c1-12(2)21-14-10-8-13(9-11-14)17(20)18-15-6-4-3-5-7-16(15)19/h8-12,15-16,19H,3-7H2,1-2H3,(H,18,20). The molecule has 0 bridgehead atoms. The first kappa shape index (κ1) is 15.8. The van der Waals surface area contributed by atoms with E-state index >= 15 is 0 Å². The molecule has 116 valence electrons. The third-order valence-corrected chi connectivity index (χ3v) is 3.78. The number of carbonyl (C=O) groups is 1. The lowest BCUT2D eigenvalue weighted by molar-refractivity contribution is 0.0818. The van der Waals surface area contributed by atoms with Crippen molar-refractivity contribution in [1.82, 2.24) is 5.32 Å². The van der Waals surface area contributed by atoms with E-state index in [9.17, 15) is 9.90 Å². The van der Waals surface area contributed by atoms with Crippen LogP contribution in [-0.4, -0.2) is 29.3 Å². The van der Waals surface area contributed by atoms with Gasteiger partial charge in [-0.25, -0.2) is 0 Å². The minimum atomic E-state index is -0.431. The van der Waals surface area contributed by atoms with Crippen LogP contribution in [0.4, 0.5) is 0 Å². The highest BCUT2D eigenvalue weighted by atomic mass is 16.5. The van der Waals surface area contributed by atoms with Gasteiger partial charge in [-0.3, -0.25) is 4.79 Å². The van der Waals surface area contributed by atoms with E-state index in [2.05, 4.69) is 5.32 Å². The van der Waals surface area contributed by atoms with Gasteiger partial charge in [-0.2, -0.15) is 0 Å². The van der Waals surface area contributed by atoms with Crippen LogP contribution in [-0.2, 0) is 0 Å². The summed E-state index contributed by atoms with van der Waals surface area (Å²) in [5, 5.41) is 13.0. The summed E-state index contributed by atoms with van der Waals surface area (Å²) >= 11 is 0. The normalized spacial score (nSPS) is 22.7. The van der Waals surface area contributed by atoms with E-state index in [0.717, 1.165) is 37.9 Å². The smallest absolute Gasteiger partial charge is 0.251 e. The fourth-order valence-electron chi connectivity index (χ4n) is 2.67. The second-order valence-corrected chi connectivity index (χ2v) is 5.98. The van der Waals surface area contributed by atoms with Gasteiger partial charge in [0, 0.05) is 5.56 Å². The number of amides is 1. The summed E-state index contributed by atoms with van der Waals surface area (Å²) in [5.41, 5.74) is 0.600. The van der Waals surface area contributed by atoms with E-state index in [1.54, 1.807) is 24.3 Å². The fraction of sp³-hybridized carbons (Fsp3) is 0.588. The lowest BCUT2D eigenvalue weighted by Gasteiger charge is -2.21. The Morgan fingerprint density at radius 2 is 1.86 bits per heavy atom. The van der Waals surface area contributed by atoms with Crippen LogP contribution in [0.5, 0.6) is 5.75 Å². The van der Waals surface area contributed by atoms with Gasteiger partial charge in [0.2, 0.25) is 0 Å². The molecule has 1 aliphatic carbocycles. The quantitative estimate of drug-likeness (QED) is 0.839. The van der Waals surface area contributed by atoms with Crippen LogP contribution < -0.4 is 10.1 Å². The number of carbonyl (C=O) groups excluding carboxylic acids is 1. The van der Waals surface area contributed by atoms with Gasteiger partial charge in [-0.05, 0) is 51.0 Å². The first-order valence-corrected chi connectivity index (χ1v) is 7.82. The first-order chi connectivity index (χ1) is 10.1. The summed E-state index contributed by atoms with van der Waals surface area (Å²) in [6, 6.07) is 7.00. The molecule has 4 heteroatoms. The maximum Gasteiger partial charge on any atom is 0.251 e. The third kappa shape index (κ3) is 4.74. The van der Waals surface area contributed by atoms with Crippen molar-refractivity contribution < 1.29 is 14.6 Å². The zero-order chi connectivity index (χ0) is 15.2. The summed E-state index contributed by atoms with van der Waals surface area (Å²) in [7, 11) is 0. The molecule has 1 aromatic rings. The Kier molecular flexibility index (Phi) is 5.62. The van der Waals surface area contributed by atoms with Crippen molar-refractivity contribution in [3.05, 3.63) is 29.8 Å². The molecule has 0 aromatic heterocycles. The van der Waals surface area contributed by atoms with Crippen molar-refractivity contribution >= 4 is 5.91 Å². The summed E-state index contributed by atoms with van der Waals surface area (Å²) in [5.74, 6) is 0.632. The molecule has 2 N–H and O–H groups in total. The van der Waals surface area contributed by atoms with Gasteiger partial charge >= 0.3 is 0 Å². The molecule has 0 saturated heterocycles. The maximum atomic E-state index is 12.2. The molecule has 1 fully saturated rings. The monoisotopic (exact) mass is 291 g/mol. The van der Waals surface area contributed by atoms with Gasteiger partial charge in [-0.1, -0.05) is 19.3 Å². The van der Waals surface area contributed by atoms with Gasteiger partial charge < -0.3 is 15.2 Å². The number of aliphatic hydroxyl groups is 1. The molecule has 1 saturated carbocycles. The number of nitrogens with one attached hydrogen (secondary N) is 1. The maximum absolute atomic E-state index is 12.2. The van der Waals surface area contributed by atoms with E-state index in [4.69, 9.17) is 4.74 Å². The molecular weight excluding hydrogens is 266 g/mol. The third-order valence-electron chi connectivity index (χ3n) is 3.78. The highest BCUT2D eigenvalue weighted by Crippen LogP contribution is 2.19. The minimum absolute atomic E-state index is 0.116. The molecule has 0 heterocycles. The van der Waals surface area contributed by atoms with Crippen LogP contribution in [0.3, 0.4) is 0 Å². The molecule has 2 rings (SSSR count). The number of hydrogen-bond acceptors (Lipinski definition) is 3. The number of rotatable bonds is 4. The molecule has 4 nitrogen and oxygen atoms in total. The van der Waals surface area contributed by atoms with Crippen LogP contribution in [0.15, 0.2) is 24.3 Å². The zero-order valence-corrected chi connectivity index (χ0v) is 12.8. The van der Waals surface area contributed by atoms with Crippen molar-refractivity contribution in [3.8, 4) is 5.75 Å². The van der Waals surface area contributed by atoms with E-state index in [1.807, 2.05) is 13.8 Å². The lowest BCUT2D eigenvalue weighted by atomic mass is 10.1. The van der Waals surface area contributed by atoms with E-state index in [-0.39, 0.29) is 18.1 Å². The Hall–Kier alpha value is -1.55. The highest BCUT2D eigenvalue weighted by Gasteiger charge is 2.23. The summed E-state index contributed by atoms with van der Waals surface area (Å²) in [6.45, 7) is 3.93. The van der Waals surface area contributed by atoms with Crippen LogP contribution >= 0.6 is 0 Å². The summed E-state index contributed by atoms with van der Waals surface area (Å²) in [4.78, 5) is 12.2. The molecule has 2 unspecified atom stereocenters. The van der Waals surface area contributed by atoms with Crippen molar-refractivity contribution in [2.24, 2.45) is 0 Å². The molecule has 0 spiro atoms.